The van der Waals surface area contributed by atoms with Gasteiger partial charge in [-0.15, -0.1) is 0 Å². The molecule has 0 radical (unpaired) electrons. The Labute approximate surface area is 90.0 Å². The van der Waals surface area contributed by atoms with Crippen LogP contribution in [0.25, 0.3) is 5.57 Å². The average molecular weight is 230 g/mol. The number of benzene rings is 1. The number of aryl methyl sites for hydroxylation is 1. The lowest BCUT2D eigenvalue weighted by Gasteiger charge is -2.11. The van der Waals surface area contributed by atoms with E-state index in [0.717, 1.165) is 0 Å². The van der Waals surface area contributed by atoms with Crippen LogP contribution in [0.4, 0.5) is 13.2 Å². The van der Waals surface area contributed by atoms with E-state index in [-0.39, 0.29) is 11.6 Å². The van der Waals surface area contributed by atoms with E-state index in [9.17, 15) is 18.0 Å². The Morgan fingerprint density at radius 3 is 2.44 bits per heavy atom. The van der Waals surface area contributed by atoms with Crippen LogP contribution >= 0.6 is 0 Å². The van der Waals surface area contributed by atoms with Crippen molar-refractivity contribution in [3.63, 3.8) is 0 Å². The molecule has 86 valence electrons. The van der Waals surface area contributed by atoms with E-state index in [1.807, 2.05) is 0 Å². The maximum atomic E-state index is 12.6. The molecule has 0 aliphatic rings. The second-order valence-electron chi connectivity index (χ2n) is 3.26. The van der Waals surface area contributed by atoms with Crippen LogP contribution in [-0.4, -0.2) is 17.3 Å². The monoisotopic (exact) mass is 230 g/mol. The first kappa shape index (κ1) is 12.3. The lowest BCUT2D eigenvalue weighted by Crippen LogP contribution is -2.12. The fraction of sp³-hybridized carbons (Fsp3) is 0.182. The van der Waals surface area contributed by atoms with Gasteiger partial charge >= 0.3 is 12.1 Å². The van der Waals surface area contributed by atoms with E-state index in [1.165, 1.54) is 18.2 Å². The number of alkyl halides is 3. The number of hydrogen-bond donors (Lipinski definition) is 1. The van der Waals surface area contributed by atoms with Crippen molar-refractivity contribution in [2.24, 2.45) is 0 Å². The topological polar surface area (TPSA) is 37.3 Å². The Morgan fingerprint density at radius 2 is 2.00 bits per heavy atom. The quantitative estimate of drug-likeness (QED) is 0.793. The third kappa shape index (κ3) is 3.12. The average Bonchev–Trinajstić information content (AvgIpc) is 2.12. The van der Waals surface area contributed by atoms with Gasteiger partial charge in [0.15, 0.2) is 0 Å². The second-order valence-corrected chi connectivity index (χ2v) is 3.26. The summed E-state index contributed by atoms with van der Waals surface area (Å²) in [5.74, 6) is -1.62. The molecular formula is C11H9F3O2. The summed E-state index contributed by atoms with van der Waals surface area (Å²) >= 11 is 0. The zero-order valence-electron chi connectivity index (χ0n) is 8.38. The standard InChI is InChI=1S/C11H9F3O2/c1-7-3-2-4-8(5-7)9(6-10(15)16)11(12,13)14/h2-6H,1H3,(H,15,16). The van der Waals surface area contributed by atoms with Crippen LogP contribution in [-0.2, 0) is 4.79 Å². The molecular weight excluding hydrogens is 221 g/mol. The molecule has 16 heavy (non-hydrogen) atoms. The molecule has 1 aromatic carbocycles. The van der Waals surface area contributed by atoms with Gasteiger partial charge in [-0.05, 0) is 12.5 Å². The summed E-state index contributed by atoms with van der Waals surface area (Å²) in [5, 5.41) is 8.40. The van der Waals surface area contributed by atoms with E-state index in [4.69, 9.17) is 5.11 Å². The van der Waals surface area contributed by atoms with Crippen molar-refractivity contribution in [3.05, 3.63) is 41.5 Å². The highest BCUT2D eigenvalue weighted by molar-refractivity contribution is 5.91. The van der Waals surface area contributed by atoms with Gasteiger partial charge in [0, 0.05) is 6.08 Å². The molecule has 1 N–H and O–H groups in total. The van der Waals surface area contributed by atoms with Gasteiger partial charge in [-0.3, -0.25) is 0 Å². The highest BCUT2D eigenvalue weighted by Gasteiger charge is 2.35. The van der Waals surface area contributed by atoms with Gasteiger partial charge in [0.05, 0.1) is 5.57 Å². The Balaban J connectivity index is 3.28. The van der Waals surface area contributed by atoms with E-state index in [0.29, 0.717) is 5.56 Å². The minimum Gasteiger partial charge on any atom is -0.478 e. The lowest BCUT2D eigenvalue weighted by molar-refractivity contribution is -0.131. The van der Waals surface area contributed by atoms with Crippen molar-refractivity contribution in [2.45, 2.75) is 13.1 Å². The van der Waals surface area contributed by atoms with E-state index < -0.39 is 17.7 Å². The van der Waals surface area contributed by atoms with Crippen LogP contribution in [0.2, 0.25) is 0 Å². The van der Waals surface area contributed by atoms with Gasteiger partial charge in [0.25, 0.3) is 0 Å². The molecule has 1 rings (SSSR count). The predicted octanol–water partition coefficient (Wildman–Crippen LogP) is 3.03. The Hall–Kier alpha value is -1.78. The number of carbonyl (C=O) groups is 1. The number of aliphatic carboxylic acids is 1. The second kappa shape index (κ2) is 4.38. The predicted molar refractivity (Wildman–Crippen MR) is 52.8 cm³/mol. The number of carboxylic acid groups (broad SMARTS) is 1. The molecule has 0 spiro atoms. The van der Waals surface area contributed by atoms with Gasteiger partial charge < -0.3 is 5.11 Å². The molecule has 2 nitrogen and oxygen atoms in total. The van der Waals surface area contributed by atoms with Crippen LogP contribution in [0.1, 0.15) is 11.1 Å². The molecule has 0 bridgehead atoms. The van der Waals surface area contributed by atoms with Crippen LogP contribution in [0.3, 0.4) is 0 Å². The summed E-state index contributed by atoms with van der Waals surface area (Å²) in [4.78, 5) is 10.3. The van der Waals surface area contributed by atoms with Gasteiger partial charge in [-0.25, -0.2) is 4.79 Å². The molecule has 0 aliphatic heterocycles. The molecule has 0 amide bonds. The van der Waals surface area contributed by atoms with Crippen molar-refractivity contribution >= 4 is 11.5 Å². The third-order valence-electron chi connectivity index (χ3n) is 1.90. The Kier molecular flexibility index (Phi) is 3.37. The zero-order chi connectivity index (χ0) is 12.3. The third-order valence-corrected chi connectivity index (χ3v) is 1.90. The minimum absolute atomic E-state index is 0.144. The summed E-state index contributed by atoms with van der Waals surface area (Å²) in [7, 11) is 0. The molecule has 0 saturated heterocycles. The van der Waals surface area contributed by atoms with Crippen LogP contribution in [0, 0.1) is 6.92 Å². The molecule has 0 aromatic heterocycles. The fourth-order valence-electron chi connectivity index (χ4n) is 1.26. The van der Waals surface area contributed by atoms with E-state index in [1.54, 1.807) is 13.0 Å². The molecule has 0 unspecified atom stereocenters. The van der Waals surface area contributed by atoms with Crippen molar-refractivity contribution in [2.75, 3.05) is 0 Å². The maximum Gasteiger partial charge on any atom is 0.417 e. The van der Waals surface area contributed by atoms with Crippen LogP contribution in [0.5, 0.6) is 0 Å². The van der Waals surface area contributed by atoms with Crippen LogP contribution in [0.15, 0.2) is 30.3 Å². The first-order valence-electron chi connectivity index (χ1n) is 4.39. The SMILES string of the molecule is Cc1cccc(C(=CC(=O)O)C(F)(F)F)c1. The molecule has 0 fully saturated rings. The number of carboxylic acids is 1. The van der Waals surface area contributed by atoms with Crippen molar-refractivity contribution in [3.8, 4) is 0 Å². The maximum absolute atomic E-state index is 12.6. The first-order valence-corrected chi connectivity index (χ1v) is 4.39. The fourth-order valence-corrected chi connectivity index (χ4v) is 1.26. The van der Waals surface area contributed by atoms with E-state index in [2.05, 4.69) is 0 Å². The van der Waals surface area contributed by atoms with Crippen LogP contribution < -0.4 is 0 Å². The summed E-state index contributed by atoms with van der Waals surface area (Å²) in [5.41, 5.74) is -0.656. The van der Waals surface area contributed by atoms with Crippen molar-refractivity contribution < 1.29 is 23.1 Å². The van der Waals surface area contributed by atoms with Crippen molar-refractivity contribution in [1.29, 1.82) is 0 Å². The van der Waals surface area contributed by atoms with Gasteiger partial charge in [-0.2, -0.15) is 13.2 Å². The van der Waals surface area contributed by atoms with Gasteiger partial charge in [-0.1, -0.05) is 29.8 Å². The molecule has 0 aliphatic carbocycles. The summed E-state index contributed by atoms with van der Waals surface area (Å²) in [6.07, 6.45) is -4.50. The smallest absolute Gasteiger partial charge is 0.417 e. The first-order chi connectivity index (χ1) is 7.30. The zero-order valence-corrected chi connectivity index (χ0v) is 8.38. The molecule has 0 atom stereocenters. The number of halogens is 3. The Bertz CT molecular complexity index is 433. The van der Waals surface area contributed by atoms with Crippen molar-refractivity contribution in [1.82, 2.24) is 0 Å². The van der Waals surface area contributed by atoms with Gasteiger partial charge in [0.2, 0.25) is 0 Å². The molecule has 5 heteroatoms. The summed E-state index contributed by atoms with van der Waals surface area (Å²) in [6, 6.07) is 5.61. The highest BCUT2D eigenvalue weighted by Crippen LogP contribution is 2.33. The number of allylic oxidation sites excluding steroid dienone is 1. The lowest BCUT2D eigenvalue weighted by atomic mass is 10.0. The molecule has 0 heterocycles. The molecule has 1 aromatic rings. The van der Waals surface area contributed by atoms with Gasteiger partial charge in [0.1, 0.15) is 0 Å². The minimum atomic E-state index is -4.67. The highest BCUT2D eigenvalue weighted by atomic mass is 19.4. The summed E-state index contributed by atoms with van der Waals surface area (Å²) < 4.78 is 37.7. The number of rotatable bonds is 2. The number of hydrogen-bond acceptors (Lipinski definition) is 1. The summed E-state index contributed by atoms with van der Waals surface area (Å²) in [6.45, 7) is 1.64. The Morgan fingerprint density at radius 1 is 1.38 bits per heavy atom. The normalized spacial score (nSPS) is 12.6. The largest absolute Gasteiger partial charge is 0.478 e. The molecule has 0 saturated carbocycles. The van der Waals surface area contributed by atoms with E-state index >= 15 is 0 Å².